The van der Waals surface area contributed by atoms with Gasteiger partial charge >= 0.3 is 0 Å². The van der Waals surface area contributed by atoms with E-state index in [9.17, 15) is 22.4 Å². The number of carbonyl (C=O) groups is 2. The van der Waals surface area contributed by atoms with Crippen LogP contribution in [0.2, 0.25) is 0 Å². The summed E-state index contributed by atoms with van der Waals surface area (Å²) in [5.74, 6) is -0.811. The zero-order chi connectivity index (χ0) is 26.8. The zero-order valence-corrected chi connectivity index (χ0v) is 22.6. The van der Waals surface area contributed by atoms with E-state index in [1.54, 1.807) is 11.8 Å². The van der Waals surface area contributed by atoms with Gasteiger partial charge in [0.2, 0.25) is 21.8 Å². The molecule has 1 aliphatic carbocycles. The predicted molar refractivity (Wildman–Crippen MR) is 144 cm³/mol. The second kappa shape index (κ2) is 13.6. The highest BCUT2D eigenvalue weighted by Gasteiger charge is 2.28. The Labute approximate surface area is 220 Å². The van der Waals surface area contributed by atoms with Crippen LogP contribution in [-0.4, -0.2) is 56.6 Å². The Kier molecular flexibility index (Phi) is 10.5. The van der Waals surface area contributed by atoms with Crippen molar-refractivity contribution in [1.29, 1.82) is 0 Å². The summed E-state index contributed by atoms with van der Waals surface area (Å²) in [5, 5.41) is 3.12. The van der Waals surface area contributed by atoms with Crippen LogP contribution in [0.4, 0.5) is 10.1 Å². The van der Waals surface area contributed by atoms with E-state index in [1.807, 2.05) is 30.3 Å². The lowest BCUT2D eigenvalue weighted by molar-refractivity contribution is -0.140. The lowest BCUT2D eigenvalue weighted by Crippen LogP contribution is -2.51. The number of nitrogens with zero attached hydrogens (tertiary/aromatic N) is 2. The molecule has 0 aliphatic heterocycles. The van der Waals surface area contributed by atoms with Crippen molar-refractivity contribution in [2.24, 2.45) is 0 Å². The molecular formula is C28H38FN3O4S. The summed E-state index contributed by atoms with van der Waals surface area (Å²) in [7, 11) is -3.62. The Bertz CT molecular complexity index is 1120. The smallest absolute Gasteiger partial charge is 0.242 e. The summed E-state index contributed by atoms with van der Waals surface area (Å²) in [5.41, 5.74) is 1.41. The molecule has 7 nitrogen and oxygen atoms in total. The van der Waals surface area contributed by atoms with Crippen LogP contribution in [0.5, 0.6) is 0 Å². The Balaban J connectivity index is 1.66. The molecule has 202 valence electrons. The van der Waals surface area contributed by atoms with Crippen molar-refractivity contribution in [3.63, 3.8) is 0 Å². The van der Waals surface area contributed by atoms with Crippen molar-refractivity contribution < 1.29 is 22.4 Å². The van der Waals surface area contributed by atoms with Gasteiger partial charge in [-0.25, -0.2) is 12.8 Å². The van der Waals surface area contributed by atoms with Crippen LogP contribution in [-0.2, 0) is 26.0 Å². The molecule has 0 radical (unpaired) electrons. The summed E-state index contributed by atoms with van der Waals surface area (Å²) in [6.45, 7) is 2.21. The average Bonchev–Trinajstić information content (AvgIpc) is 2.88. The molecule has 9 heteroatoms. The Morgan fingerprint density at radius 2 is 1.65 bits per heavy atom. The minimum absolute atomic E-state index is 0.0748. The Morgan fingerprint density at radius 1 is 1.00 bits per heavy atom. The molecule has 2 amide bonds. The van der Waals surface area contributed by atoms with E-state index < -0.39 is 21.9 Å². The van der Waals surface area contributed by atoms with Gasteiger partial charge in [0.05, 0.1) is 11.9 Å². The molecular weight excluding hydrogens is 493 g/mol. The van der Waals surface area contributed by atoms with Gasteiger partial charge in [-0.15, -0.1) is 0 Å². The van der Waals surface area contributed by atoms with E-state index in [0.29, 0.717) is 18.7 Å². The minimum atomic E-state index is -3.62. The van der Waals surface area contributed by atoms with Gasteiger partial charge in [0.1, 0.15) is 11.9 Å². The van der Waals surface area contributed by atoms with Gasteiger partial charge in [0.25, 0.3) is 0 Å². The number of hydrogen-bond acceptors (Lipinski definition) is 4. The highest BCUT2D eigenvalue weighted by molar-refractivity contribution is 7.92. The number of benzene rings is 2. The van der Waals surface area contributed by atoms with Crippen molar-refractivity contribution in [2.75, 3.05) is 23.7 Å². The van der Waals surface area contributed by atoms with Crippen LogP contribution in [0.3, 0.4) is 0 Å². The third-order valence-corrected chi connectivity index (χ3v) is 8.06. The number of rotatable bonds is 12. The SMILES string of the molecule is C[C@@H](C(=O)NC1CCCCC1)N(CCc1ccccc1)C(=O)CCCN(c1ccc(F)cc1)S(C)(=O)=O. The second-order valence-electron chi connectivity index (χ2n) is 9.76. The van der Waals surface area contributed by atoms with Crippen molar-refractivity contribution in [3.05, 3.63) is 66.0 Å². The van der Waals surface area contributed by atoms with Crippen molar-refractivity contribution in [2.45, 2.75) is 70.4 Å². The molecule has 0 unspecified atom stereocenters. The van der Waals surface area contributed by atoms with Crippen LogP contribution < -0.4 is 9.62 Å². The maximum Gasteiger partial charge on any atom is 0.242 e. The first-order valence-corrected chi connectivity index (χ1v) is 14.9. The van der Waals surface area contributed by atoms with E-state index in [4.69, 9.17) is 0 Å². The highest BCUT2D eigenvalue weighted by Crippen LogP contribution is 2.20. The van der Waals surface area contributed by atoms with Crippen molar-refractivity contribution in [1.82, 2.24) is 10.2 Å². The third-order valence-electron chi connectivity index (χ3n) is 6.87. The molecule has 1 saturated carbocycles. The van der Waals surface area contributed by atoms with E-state index in [-0.39, 0.29) is 37.2 Å². The minimum Gasteiger partial charge on any atom is -0.352 e. The lowest BCUT2D eigenvalue weighted by atomic mass is 9.95. The zero-order valence-electron chi connectivity index (χ0n) is 21.7. The van der Waals surface area contributed by atoms with Gasteiger partial charge in [-0.3, -0.25) is 13.9 Å². The number of sulfonamides is 1. The summed E-state index contributed by atoms with van der Waals surface area (Å²) in [4.78, 5) is 28.0. The van der Waals surface area contributed by atoms with Crippen molar-refractivity contribution in [3.8, 4) is 0 Å². The molecule has 1 aliphatic rings. The molecule has 0 saturated heterocycles. The monoisotopic (exact) mass is 531 g/mol. The van der Waals surface area contributed by atoms with E-state index in [0.717, 1.165) is 37.5 Å². The van der Waals surface area contributed by atoms with Crippen LogP contribution in [0.25, 0.3) is 0 Å². The molecule has 1 N–H and O–H groups in total. The first-order chi connectivity index (χ1) is 17.6. The van der Waals surface area contributed by atoms with Gasteiger partial charge < -0.3 is 10.2 Å². The summed E-state index contributed by atoms with van der Waals surface area (Å²) in [6.07, 6.45) is 7.35. The number of hydrogen-bond donors (Lipinski definition) is 1. The molecule has 3 rings (SSSR count). The maximum absolute atomic E-state index is 13.3. The molecule has 0 bridgehead atoms. The van der Waals surface area contributed by atoms with E-state index in [2.05, 4.69) is 5.32 Å². The topological polar surface area (TPSA) is 86.8 Å². The van der Waals surface area contributed by atoms with E-state index in [1.165, 1.54) is 35.0 Å². The fraction of sp³-hybridized carbons (Fsp3) is 0.500. The third kappa shape index (κ3) is 8.84. The van der Waals surface area contributed by atoms with Crippen LogP contribution in [0, 0.1) is 5.82 Å². The number of nitrogens with one attached hydrogen (secondary N) is 1. The molecule has 0 heterocycles. The predicted octanol–water partition coefficient (Wildman–Crippen LogP) is 4.28. The molecule has 0 spiro atoms. The quantitative estimate of drug-likeness (QED) is 0.443. The molecule has 2 aromatic carbocycles. The van der Waals surface area contributed by atoms with Crippen LogP contribution >= 0.6 is 0 Å². The van der Waals surface area contributed by atoms with Gasteiger partial charge in [0, 0.05) is 25.6 Å². The number of halogens is 1. The highest BCUT2D eigenvalue weighted by atomic mass is 32.2. The fourth-order valence-corrected chi connectivity index (χ4v) is 5.72. The Morgan fingerprint density at radius 3 is 2.27 bits per heavy atom. The van der Waals surface area contributed by atoms with Gasteiger partial charge in [0.15, 0.2) is 0 Å². The van der Waals surface area contributed by atoms with Gasteiger partial charge in [-0.05, 0) is 62.4 Å². The van der Waals surface area contributed by atoms with Crippen molar-refractivity contribution >= 4 is 27.5 Å². The molecule has 1 atom stereocenters. The summed E-state index contributed by atoms with van der Waals surface area (Å²) < 4.78 is 39.2. The first kappa shape index (κ1) is 28.6. The maximum atomic E-state index is 13.3. The van der Waals surface area contributed by atoms with Gasteiger partial charge in [-0.1, -0.05) is 49.6 Å². The standard InChI is InChI=1S/C28H38FN3O4S/c1-22(28(34)30-25-12-7-4-8-13-25)31(21-19-23-10-5-3-6-11-23)27(33)14-9-20-32(37(2,35)36)26-17-15-24(29)16-18-26/h3,5-6,10-11,15-18,22,25H,4,7-9,12-14,19-21H2,1-2H3,(H,30,34)/t22-/m0/s1. The fourth-order valence-electron chi connectivity index (χ4n) is 4.75. The Hall–Kier alpha value is -2.94. The van der Waals surface area contributed by atoms with Crippen LogP contribution in [0.1, 0.15) is 57.4 Å². The number of carbonyl (C=O) groups excluding carboxylic acids is 2. The molecule has 0 aromatic heterocycles. The van der Waals surface area contributed by atoms with Gasteiger partial charge in [-0.2, -0.15) is 0 Å². The molecule has 1 fully saturated rings. The second-order valence-corrected chi connectivity index (χ2v) is 11.7. The number of anilines is 1. The lowest BCUT2D eigenvalue weighted by Gasteiger charge is -2.31. The summed E-state index contributed by atoms with van der Waals surface area (Å²) in [6, 6.07) is 14.5. The largest absolute Gasteiger partial charge is 0.352 e. The van der Waals surface area contributed by atoms with E-state index >= 15 is 0 Å². The molecule has 37 heavy (non-hydrogen) atoms. The number of amides is 2. The first-order valence-electron chi connectivity index (χ1n) is 13.0. The average molecular weight is 532 g/mol. The van der Waals surface area contributed by atoms with Crippen LogP contribution in [0.15, 0.2) is 54.6 Å². The summed E-state index contributed by atoms with van der Waals surface area (Å²) >= 11 is 0. The normalized spacial score (nSPS) is 15.1. The molecule has 2 aromatic rings.